The lowest BCUT2D eigenvalue weighted by Crippen LogP contribution is -2.40. The van der Waals surface area contributed by atoms with Gasteiger partial charge in [-0.1, -0.05) is 109 Å². The highest BCUT2D eigenvalue weighted by Gasteiger charge is 2.29. The van der Waals surface area contributed by atoms with Gasteiger partial charge in [0.15, 0.2) is 0 Å². The molecule has 12 rings (SSSR count). The van der Waals surface area contributed by atoms with Crippen LogP contribution in [0.5, 0.6) is 0 Å². The molecule has 9 aromatic rings. The Hall–Kier alpha value is -11.7. The number of hydrogen-bond acceptors (Lipinski definition) is 22. The van der Waals surface area contributed by atoms with E-state index in [1.807, 2.05) is 157 Å². The topological polar surface area (TPSA) is 333 Å². The molecule has 0 atom stereocenters. The number of nitrogens with one attached hydrogen (secondary N) is 3. The minimum Gasteiger partial charge on any atom is -0.481 e. The SMILES string of the molecule is COC(=O)CCN(Cc1cnn(CCc2ccc3c(n2)NCCC3)c1)C(=O)OCc1ccccc1.COC(=O)CCNCc1cnn(CCc2ccc3c(n2)N(C(=O)OC(C)(C)C)CCC3)c1.O=C(Cl)OCc1ccccc1.O=C(O)CCN(Cc1cnn(CCc2ccc3c(n2)NCCC3)c1)C(=O)OCc1ccccc1. The Labute approximate surface area is 657 Å². The maximum Gasteiger partial charge on any atom is 0.416 e. The molecule has 0 unspecified atom stereocenters. The van der Waals surface area contributed by atoms with Crippen molar-refractivity contribution in [2.75, 3.05) is 69.0 Å². The molecule has 0 bridgehead atoms. The van der Waals surface area contributed by atoms with Crippen molar-refractivity contribution in [2.24, 2.45) is 0 Å². The number of anilines is 3. The number of pyridine rings is 3. The van der Waals surface area contributed by atoms with Crippen LogP contribution in [0.4, 0.5) is 36.6 Å². The Bertz CT molecular complexity index is 4480. The summed E-state index contributed by atoms with van der Waals surface area (Å²) < 4.78 is 35.9. The smallest absolute Gasteiger partial charge is 0.416 e. The number of aryl methyl sites for hydroxylation is 9. The van der Waals surface area contributed by atoms with Crippen LogP contribution in [0.15, 0.2) is 165 Å². The number of benzene rings is 3. The average molecular weight is 1560 g/mol. The van der Waals surface area contributed by atoms with Crippen molar-refractivity contribution in [1.29, 1.82) is 0 Å². The monoisotopic (exact) mass is 1550 g/mol. The number of ether oxygens (including phenoxy) is 6. The quantitative estimate of drug-likeness (QED) is 0.0141. The van der Waals surface area contributed by atoms with Crippen LogP contribution in [-0.2, 0) is 140 Å². The lowest BCUT2D eigenvalue weighted by Gasteiger charge is -2.31. The van der Waals surface area contributed by atoms with Crippen molar-refractivity contribution in [1.82, 2.24) is 59.4 Å². The van der Waals surface area contributed by atoms with E-state index in [0.29, 0.717) is 57.9 Å². The molecule has 3 aromatic carbocycles. The Morgan fingerprint density at radius 3 is 1.41 bits per heavy atom. The first-order valence-electron chi connectivity index (χ1n) is 37.5. The molecular formula is C82H100ClN15O14. The molecule has 0 radical (unpaired) electrons. The molecule has 0 saturated heterocycles. The first-order chi connectivity index (χ1) is 54.2. The summed E-state index contributed by atoms with van der Waals surface area (Å²) in [6, 6.07) is 40.7. The highest BCUT2D eigenvalue weighted by molar-refractivity contribution is 6.61. The van der Waals surface area contributed by atoms with Crippen molar-refractivity contribution < 1.29 is 67.1 Å². The summed E-state index contributed by atoms with van der Waals surface area (Å²) in [5, 5.41) is 32.2. The van der Waals surface area contributed by atoms with E-state index in [4.69, 9.17) is 50.6 Å². The molecule has 30 heteroatoms. The number of carboxylic acid groups (broad SMARTS) is 1. The largest absolute Gasteiger partial charge is 0.481 e. The normalized spacial score (nSPS) is 12.4. The van der Waals surface area contributed by atoms with E-state index < -0.39 is 29.2 Å². The number of methoxy groups -OCH3 is 2. The number of carbonyl (C=O) groups is 7. The molecule has 0 spiro atoms. The van der Waals surface area contributed by atoms with Gasteiger partial charge in [0.2, 0.25) is 0 Å². The molecule has 3 amide bonds. The number of aromatic nitrogens is 9. The van der Waals surface area contributed by atoms with E-state index in [9.17, 15) is 33.6 Å². The van der Waals surface area contributed by atoms with E-state index in [2.05, 4.69) is 71.1 Å². The molecular weight excluding hydrogens is 1450 g/mol. The van der Waals surface area contributed by atoms with Crippen molar-refractivity contribution in [3.05, 3.63) is 232 Å². The first kappa shape index (κ1) is 84.3. The van der Waals surface area contributed by atoms with Crippen molar-refractivity contribution in [3.63, 3.8) is 0 Å². The number of carbonyl (C=O) groups excluding carboxylic acids is 6. The van der Waals surface area contributed by atoms with Gasteiger partial charge in [-0.3, -0.25) is 33.3 Å². The van der Waals surface area contributed by atoms with Crippen LogP contribution in [0.3, 0.4) is 0 Å². The van der Waals surface area contributed by atoms with Gasteiger partial charge in [0, 0.05) is 149 Å². The van der Waals surface area contributed by atoms with E-state index >= 15 is 0 Å². The van der Waals surface area contributed by atoms with Gasteiger partial charge in [-0.25, -0.2) is 34.1 Å². The zero-order valence-electron chi connectivity index (χ0n) is 64.2. The molecule has 112 heavy (non-hydrogen) atoms. The van der Waals surface area contributed by atoms with Crippen LogP contribution in [0.25, 0.3) is 0 Å². The van der Waals surface area contributed by atoms with E-state index in [-0.39, 0.29) is 76.9 Å². The fourth-order valence-electron chi connectivity index (χ4n) is 12.0. The van der Waals surface area contributed by atoms with E-state index in [1.54, 1.807) is 17.3 Å². The van der Waals surface area contributed by atoms with Crippen LogP contribution in [0, 0.1) is 0 Å². The predicted octanol–water partition coefficient (Wildman–Crippen LogP) is 12.5. The number of aliphatic carboxylic acids is 1. The second kappa shape index (κ2) is 44.2. The summed E-state index contributed by atoms with van der Waals surface area (Å²) >= 11 is 4.97. The lowest BCUT2D eigenvalue weighted by atomic mass is 10.1. The van der Waals surface area contributed by atoms with Gasteiger partial charge >= 0.3 is 41.6 Å². The maximum atomic E-state index is 12.8. The number of hydrogen-bond donors (Lipinski definition) is 4. The summed E-state index contributed by atoms with van der Waals surface area (Å²) in [6.07, 6.45) is 18.3. The minimum absolute atomic E-state index is 0.0557. The average Bonchev–Trinajstić information content (AvgIpc) is 0.923. The second-order valence-electron chi connectivity index (χ2n) is 27.7. The van der Waals surface area contributed by atoms with Gasteiger partial charge in [-0.05, 0) is 111 Å². The highest BCUT2D eigenvalue weighted by Crippen LogP contribution is 2.28. The Morgan fingerprint density at radius 1 is 0.518 bits per heavy atom. The van der Waals surface area contributed by atoms with E-state index in [0.717, 1.165) is 132 Å². The molecule has 6 aromatic heterocycles. The number of carboxylic acids is 1. The highest BCUT2D eigenvalue weighted by atomic mass is 35.5. The molecule has 3 aliphatic rings. The van der Waals surface area contributed by atoms with Crippen LogP contribution in [0.1, 0.15) is 126 Å². The molecule has 0 saturated carbocycles. The molecule has 594 valence electrons. The molecule has 0 aliphatic carbocycles. The summed E-state index contributed by atoms with van der Waals surface area (Å²) in [5.41, 5.74) is 10.6. The fourth-order valence-corrected chi connectivity index (χ4v) is 12.0. The zero-order valence-corrected chi connectivity index (χ0v) is 64.9. The molecule has 3 aliphatic heterocycles. The van der Waals surface area contributed by atoms with Crippen LogP contribution >= 0.6 is 11.6 Å². The Balaban J connectivity index is 0.000000180. The third kappa shape index (κ3) is 29.3. The van der Waals surface area contributed by atoms with Gasteiger partial charge in [-0.15, -0.1) is 0 Å². The van der Waals surface area contributed by atoms with Crippen molar-refractivity contribution in [2.45, 2.75) is 163 Å². The Morgan fingerprint density at radius 2 is 0.946 bits per heavy atom. The van der Waals surface area contributed by atoms with Gasteiger partial charge in [-0.2, -0.15) is 15.3 Å². The van der Waals surface area contributed by atoms with Crippen LogP contribution < -0.4 is 20.9 Å². The van der Waals surface area contributed by atoms with Crippen LogP contribution in [0.2, 0.25) is 0 Å². The minimum atomic E-state index is -0.969. The number of amides is 3. The third-order valence-corrected chi connectivity index (χ3v) is 17.9. The molecule has 9 heterocycles. The van der Waals surface area contributed by atoms with Crippen molar-refractivity contribution in [3.8, 4) is 0 Å². The zero-order chi connectivity index (χ0) is 79.5. The van der Waals surface area contributed by atoms with E-state index in [1.165, 1.54) is 35.1 Å². The fraction of sp³-hybridized carbons (Fsp3) is 0.402. The number of esters is 2. The number of rotatable bonds is 30. The summed E-state index contributed by atoms with van der Waals surface area (Å²) in [6.45, 7) is 12.6. The molecule has 0 fully saturated rings. The third-order valence-electron chi connectivity index (χ3n) is 17.8. The Kier molecular flexibility index (Phi) is 33.3. The standard InChI is InChI=1S/C26H31N5O4.C25H29N5O4.C23H33N5O4.C8H7ClO2/c1-34-24(32)12-14-30(26(33)35-19-20-6-3-2-4-7-20)17-21-16-28-31(18-21)15-11-23-10-9-22-8-5-13-27-25(22)29-23;31-23(32)11-13-29(25(33)34-18-19-5-2-1-3-6-19)16-20-15-27-30(17-20)14-10-22-9-8-21-7-4-12-26-24(21)28-22;1-23(2,3)32-22(30)28-12-5-6-18-7-8-19(26-21(18)28)10-13-27-16-17(15-25-27)14-24-11-9-20(29)31-4;9-8(10)11-6-7-4-2-1-3-5-7/h2-4,6-7,9-10,16,18H,5,8,11-15,17,19H2,1H3,(H,27,29);1-3,5-6,8-9,15,17H,4,7,10-14,16,18H2,(H,26,28)(H,31,32);7-8,15-16,24H,5-6,9-14H2,1-4H3;1-5H,6H2. The van der Waals surface area contributed by atoms with Gasteiger partial charge in [0.25, 0.3) is 0 Å². The van der Waals surface area contributed by atoms with Gasteiger partial charge in [0.1, 0.15) is 42.9 Å². The predicted molar refractivity (Wildman–Crippen MR) is 420 cm³/mol. The second-order valence-corrected chi connectivity index (χ2v) is 28.0. The first-order valence-corrected chi connectivity index (χ1v) is 37.9. The van der Waals surface area contributed by atoms with Gasteiger partial charge in [0.05, 0.1) is 65.2 Å². The van der Waals surface area contributed by atoms with Crippen LogP contribution in [-0.4, -0.2) is 160 Å². The number of nitrogens with zero attached hydrogens (tertiary/aromatic N) is 12. The molecule has 29 nitrogen and oxygen atoms in total. The summed E-state index contributed by atoms with van der Waals surface area (Å²) in [4.78, 5) is 101. The number of fused-ring (bicyclic) bond motifs is 3. The lowest BCUT2D eigenvalue weighted by molar-refractivity contribution is -0.141. The maximum absolute atomic E-state index is 12.8. The van der Waals surface area contributed by atoms with Crippen molar-refractivity contribution >= 4 is 70.7 Å². The summed E-state index contributed by atoms with van der Waals surface area (Å²) in [7, 11) is 2.72. The summed E-state index contributed by atoms with van der Waals surface area (Å²) in [5.74, 6) is 1.10. The molecule has 4 N–H and O–H groups in total. The van der Waals surface area contributed by atoms with Gasteiger partial charge < -0.3 is 59.3 Å². The number of halogens is 1.